The van der Waals surface area contributed by atoms with Crippen LogP contribution in [-0.2, 0) is 65.4 Å². The monoisotopic (exact) mass is 1220 g/mol. The van der Waals surface area contributed by atoms with Gasteiger partial charge in [-0.2, -0.15) is 0 Å². The Bertz CT molecular complexity index is 1710. The third-order valence-electron chi connectivity index (χ3n) is 14.5. The summed E-state index contributed by atoms with van der Waals surface area (Å²) < 4.78 is 67.8. The number of ether oxygens (including phenoxy) is 4. The number of unbranched alkanes of at least 4 members (excludes halogenated alkanes) is 30. The van der Waals surface area contributed by atoms with Crippen molar-refractivity contribution in [1.82, 2.24) is 0 Å². The number of phosphoric acid groups is 2. The number of hydrogen-bond donors (Lipinski definition) is 3. The van der Waals surface area contributed by atoms with Crippen LogP contribution < -0.4 is 0 Å². The first-order chi connectivity index (χ1) is 40.1. The van der Waals surface area contributed by atoms with Crippen LogP contribution in [0, 0.1) is 5.92 Å². The van der Waals surface area contributed by atoms with Crippen molar-refractivity contribution in [1.29, 1.82) is 0 Å². The van der Waals surface area contributed by atoms with Crippen molar-refractivity contribution in [3.63, 3.8) is 0 Å². The third kappa shape index (κ3) is 57.1. The summed E-state index contributed by atoms with van der Waals surface area (Å²) in [6.07, 6.45) is 44.1. The van der Waals surface area contributed by atoms with E-state index in [0.717, 1.165) is 115 Å². The number of aliphatic hydroxyl groups excluding tert-OH is 1. The highest BCUT2D eigenvalue weighted by Gasteiger charge is 2.30. The number of aliphatic hydroxyl groups is 1. The van der Waals surface area contributed by atoms with Crippen LogP contribution in [0.25, 0.3) is 0 Å². The molecule has 0 saturated carbocycles. The van der Waals surface area contributed by atoms with Crippen molar-refractivity contribution in [2.24, 2.45) is 5.92 Å². The van der Waals surface area contributed by atoms with E-state index in [1.165, 1.54) is 103 Å². The molecule has 0 aliphatic heterocycles. The quantitative estimate of drug-likeness (QED) is 0.0169. The zero-order valence-electron chi connectivity index (χ0n) is 52.8. The molecule has 0 aromatic rings. The summed E-state index contributed by atoms with van der Waals surface area (Å²) in [4.78, 5) is 71.9. The van der Waals surface area contributed by atoms with Gasteiger partial charge in [-0.3, -0.25) is 37.3 Å². The molecular formula is C64H120O17P2. The van der Waals surface area contributed by atoms with Crippen molar-refractivity contribution in [3.8, 4) is 0 Å². The second kappa shape index (κ2) is 57.3. The van der Waals surface area contributed by atoms with Crippen LogP contribution in [-0.4, -0.2) is 96.7 Å². The van der Waals surface area contributed by atoms with E-state index in [1.807, 2.05) is 0 Å². The van der Waals surface area contributed by atoms with Gasteiger partial charge in [0.1, 0.15) is 19.3 Å². The summed E-state index contributed by atoms with van der Waals surface area (Å²) >= 11 is 0. The van der Waals surface area contributed by atoms with E-state index in [0.29, 0.717) is 25.7 Å². The van der Waals surface area contributed by atoms with Crippen LogP contribution in [0.15, 0.2) is 24.3 Å². The Morgan fingerprint density at radius 1 is 0.386 bits per heavy atom. The number of carbonyl (C=O) groups excluding carboxylic acids is 4. The molecule has 0 saturated heterocycles. The van der Waals surface area contributed by atoms with Crippen molar-refractivity contribution < 1.29 is 80.2 Å². The Morgan fingerprint density at radius 2 is 0.675 bits per heavy atom. The van der Waals surface area contributed by atoms with Crippen molar-refractivity contribution >= 4 is 39.5 Å². The van der Waals surface area contributed by atoms with Gasteiger partial charge >= 0.3 is 39.5 Å². The first-order valence-corrected chi connectivity index (χ1v) is 36.0. The summed E-state index contributed by atoms with van der Waals surface area (Å²) in [6.45, 7) is 7.04. The third-order valence-corrected chi connectivity index (χ3v) is 16.4. The molecule has 488 valence electrons. The summed E-state index contributed by atoms with van der Waals surface area (Å²) in [5.41, 5.74) is 0. The molecule has 0 aromatic heterocycles. The van der Waals surface area contributed by atoms with Gasteiger partial charge in [-0.15, -0.1) is 0 Å². The number of allylic oxidation sites excluding steroid dienone is 4. The molecule has 19 heteroatoms. The highest BCUT2D eigenvalue weighted by molar-refractivity contribution is 7.47. The fourth-order valence-corrected chi connectivity index (χ4v) is 10.6. The van der Waals surface area contributed by atoms with Gasteiger partial charge in [-0.05, 0) is 57.3 Å². The molecule has 0 amide bonds. The molecule has 0 heterocycles. The SMILES string of the molecule is CCCCCC/C=C\C=C/CCCCCCCC(=O)O[C@H](COC(=O)CCCCCCCCCCC(C)CC)COP(=O)(O)OC[C@@H](O)COP(=O)(O)OC[C@@H](COC(=O)CCCCCCC)OC(=O)CCCCCCCCCCCCC. The van der Waals surface area contributed by atoms with Gasteiger partial charge in [0.2, 0.25) is 0 Å². The number of rotatable bonds is 62. The average molecular weight is 1220 g/mol. The van der Waals surface area contributed by atoms with E-state index in [2.05, 4.69) is 58.9 Å². The van der Waals surface area contributed by atoms with Crippen LogP contribution in [0.3, 0.4) is 0 Å². The molecule has 3 N–H and O–H groups in total. The zero-order chi connectivity index (χ0) is 61.3. The number of carbonyl (C=O) groups is 4. The molecule has 0 rings (SSSR count). The van der Waals surface area contributed by atoms with Crippen LogP contribution in [0.4, 0.5) is 0 Å². The molecule has 0 fully saturated rings. The molecule has 0 aliphatic carbocycles. The molecule has 83 heavy (non-hydrogen) atoms. The maximum atomic E-state index is 13.0. The Labute approximate surface area is 503 Å². The maximum absolute atomic E-state index is 13.0. The van der Waals surface area contributed by atoms with E-state index >= 15 is 0 Å². The van der Waals surface area contributed by atoms with Crippen molar-refractivity contribution in [2.75, 3.05) is 39.6 Å². The number of phosphoric ester groups is 2. The fraction of sp³-hybridized carbons (Fsp3) is 0.875. The molecule has 0 aromatic carbocycles. The number of esters is 4. The second-order valence-corrected chi connectivity index (χ2v) is 25.6. The van der Waals surface area contributed by atoms with E-state index in [1.54, 1.807) is 0 Å². The Hall–Kier alpha value is -2.46. The number of hydrogen-bond acceptors (Lipinski definition) is 15. The predicted molar refractivity (Wildman–Crippen MR) is 331 cm³/mol. The molecule has 0 radical (unpaired) electrons. The topological polar surface area (TPSA) is 237 Å². The summed E-state index contributed by atoms with van der Waals surface area (Å²) in [6, 6.07) is 0. The molecule has 0 aliphatic rings. The molecule has 6 atom stereocenters. The van der Waals surface area contributed by atoms with E-state index in [-0.39, 0.29) is 25.7 Å². The molecular weight excluding hydrogens is 1100 g/mol. The Balaban J connectivity index is 5.22. The minimum absolute atomic E-state index is 0.0845. The van der Waals surface area contributed by atoms with Gasteiger partial charge < -0.3 is 33.8 Å². The molecule has 0 bridgehead atoms. The fourth-order valence-electron chi connectivity index (χ4n) is 9.01. The molecule has 17 nitrogen and oxygen atoms in total. The van der Waals surface area contributed by atoms with Gasteiger partial charge in [0.15, 0.2) is 12.2 Å². The lowest BCUT2D eigenvalue weighted by Gasteiger charge is -2.21. The van der Waals surface area contributed by atoms with Gasteiger partial charge in [0.05, 0.1) is 26.4 Å². The minimum atomic E-state index is -4.95. The highest BCUT2D eigenvalue weighted by atomic mass is 31.2. The van der Waals surface area contributed by atoms with Crippen molar-refractivity contribution in [3.05, 3.63) is 24.3 Å². The van der Waals surface area contributed by atoms with Gasteiger partial charge in [-0.25, -0.2) is 9.13 Å². The summed E-state index contributed by atoms with van der Waals surface area (Å²) in [7, 11) is -9.89. The first kappa shape index (κ1) is 80.5. The maximum Gasteiger partial charge on any atom is 0.472 e. The van der Waals surface area contributed by atoms with Gasteiger partial charge in [0.25, 0.3) is 0 Å². The van der Waals surface area contributed by atoms with Crippen LogP contribution >= 0.6 is 15.6 Å². The largest absolute Gasteiger partial charge is 0.472 e. The first-order valence-electron chi connectivity index (χ1n) is 33.0. The second-order valence-electron chi connectivity index (χ2n) is 22.7. The molecule has 3 unspecified atom stereocenters. The normalized spacial score (nSPS) is 14.7. The van der Waals surface area contributed by atoms with Gasteiger partial charge in [0, 0.05) is 25.7 Å². The van der Waals surface area contributed by atoms with Gasteiger partial charge in [-0.1, -0.05) is 245 Å². The lowest BCUT2D eigenvalue weighted by molar-refractivity contribution is -0.161. The lowest BCUT2D eigenvalue weighted by atomic mass is 9.99. The van der Waals surface area contributed by atoms with E-state index < -0.39 is 97.5 Å². The summed E-state index contributed by atoms with van der Waals surface area (Å²) in [5.74, 6) is -1.40. The van der Waals surface area contributed by atoms with Crippen molar-refractivity contribution in [2.45, 2.75) is 316 Å². The minimum Gasteiger partial charge on any atom is -0.462 e. The smallest absolute Gasteiger partial charge is 0.462 e. The predicted octanol–water partition coefficient (Wildman–Crippen LogP) is 17.3. The van der Waals surface area contributed by atoms with E-state index in [9.17, 15) is 43.2 Å². The standard InChI is InChI=1S/C64H120O17P2/c1-6-10-13-16-18-20-22-23-24-25-27-29-35-40-45-50-64(69)81-60(54-75-62(67)48-43-38-33-31-30-32-37-41-46-57(5)9-4)56-79-83(72,73)77-52-58(65)51-76-82(70,71)78-55-59(53-74-61(66)47-42-36-15-12-8-3)80-63(68)49-44-39-34-28-26-21-19-17-14-11-7-2/h20,22-24,57-60,65H,6-19,21,25-56H2,1-5H3,(H,70,71)(H,72,73)/b22-20-,24-23-/t57?,58-,59+,60+/m0/s1. The van der Waals surface area contributed by atoms with E-state index in [4.69, 9.17) is 37.0 Å². The van der Waals surface area contributed by atoms with Crippen LogP contribution in [0.2, 0.25) is 0 Å². The highest BCUT2D eigenvalue weighted by Crippen LogP contribution is 2.45. The zero-order valence-corrected chi connectivity index (χ0v) is 54.6. The summed E-state index contributed by atoms with van der Waals surface area (Å²) in [5, 5.41) is 10.5. The Morgan fingerprint density at radius 3 is 1.02 bits per heavy atom. The molecule has 0 spiro atoms. The van der Waals surface area contributed by atoms with Crippen LogP contribution in [0.5, 0.6) is 0 Å². The lowest BCUT2D eigenvalue weighted by Crippen LogP contribution is -2.30. The Kier molecular flexibility index (Phi) is 55.6. The average Bonchev–Trinajstić information content (AvgIpc) is 3.51. The van der Waals surface area contributed by atoms with Crippen LogP contribution in [0.1, 0.15) is 298 Å².